The van der Waals surface area contributed by atoms with Crippen LogP contribution < -0.4 is 0 Å². The van der Waals surface area contributed by atoms with Crippen LogP contribution >= 0.6 is 11.3 Å². The van der Waals surface area contributed by atoms with Crippen LogP contribution in [0.15, 0.2) is 54.2 Å². The highest BCUT2D eigenvalue weighted by atomic mass is 32.1. The molecule has 1 aromatic carbocycles. The molecule has 0 fully saturated rings. The van der Waals surface area contributed by atoms with Gasteiger partial charge in [-0.25, -0.2) is 4.98 Å². The molecular weight excluding hydrogens is 300 g/mol. The van der Waals surface area contributed by atoms with Crippen LogP contribution in [0.25, 0.3) is 11.1 Å². The summed E-state index contributed by atoms with van der Waals surface area (Å²) < 4.78 is 0. The van der Waals surface area contributed by atoms with E-state index in [0.29, 0.717) is 0 Å². The Morgan fingerprint density at radius 3 is 2.39 bits per heavy atom. The first kappa shape index (κ1) is 15.9. The van der Waals surface area contributed by atoms with Crippen molar-refractivity contribution in [1.82, 2.24) is 9.97 Å². The summed E-state index contributed by atoms with van der Waals surface area (Å²) in [6.07, 6.45) is 9.52. The van der Waals surface area contributed by atoms with Gasteiger partial charge in [0.05, 0.1) is 10.7 Å². The van der Waals surface area contributed by atoms with Crippen molar-refractivity contribution in [1.29, 1.82) is 0 Å². The van der Waals surface area contributed by atoms with Crippen LogP contribution in [0.4, 0.5) is 0 Å². The minimum atomic E-state index is 0.918. The van der Waals surface area contributed by atoms with Crippen LogP contribution in [0.2, 0.25) is 0 Å². The number of benzene rings is 1. The van der Waals surface area contributed by atoms with Crippen LogP contribution in [-0.2, 0) is 12.8 Å². The number of rotatable bonds is 7. The zero-order valence-corrected chi connectivity index (χ0v) is 14.4. The van der Waals surface area contributed by atoms with Gasteiger partial charge in [0, 0.05) is 24.2 Å². The van der Waals surface area contributed by atoms with E-state index in [1.807, 2.05) is 24.5 Å². The molecule has 0 atom stereocenters. The normalized spacial score (nSPS) is 10.8. The molecule has 0 saturated carbocycles. The summed E-state index contributed by atoms with van der Waals surface area (Å²) in [5, 5.41) is 3.49. The summed E-state index contributed by atoms with van der Waals surface area (Å²) in [7, 11) is 0. The van der Waals surface area contributed by atoms with Crippen LogP contribution in [0.5, 0.6) is 0 Å². The molecule has 0 saturated heterocycles. The van der Waals surface area contributed by atoms with Gasteiger partial charge in [-0.05, 0) is 41.7 Å². The molecule has 2 nitrogen and oxygen atoms in total. The number of pyridine rings is 1. The molecule has 0 spiro atoms. The van der Waals surface area contributed by atoms with Crippen molar-refractivity contribution in [2.45, 2.75) is 39.0 Å². The van der Waals surface area contributed by atoms with Gasteiger partial charge in [0.1, 0.15) is 0 Å². The van der Waals surface area contributed by atoms with Gasteiger partial charge in [-0.2, -0.15) is 0 Å². The summed E-state index contributed by atoms with van der Waals surface area (Å²) in [6, 6.07) is 12.8. The summed E-state index contributed by atoms with van der Waals surface area (Å²) in [4.78, 5) is 8.83. The lowest BCUT2D eigenvalue weighted by Crippen LogP contribution is -1.90. The Kier molecular flexibility index (Phi) is 5.54. The number of aromatic nitrogens is 2. The Hall–Kier alpha value is -2.00. The first-order chi connectivity index (χ1) is 11.3. The molecule has 0 aliphatic rings. The Labute approximate surface area is 142 Å². The molecule has 2 aromatic heterocycles. The first-order valence-electron chi connectivity index (χ1n) is 8.28. The van der Waals surface area contributed by atoms with E-state index in [-0.39, 0.29) is 0 Å². The summed E-state index contributed by atoms with van der Waals surface area (Å²) in [5.41, 5.74) is 4.94. The average molecular weight is 322 g/mol. The smallest absolute Gasteiger partial charge is 0.0928 e. The second-order valence-corrected chi connectivity index (χ2v) is 6.74. The van der Waals surface area contributed by atoms with Crippen molar-refractivity contribution in [2.75, 3.05) is 0 Å². The number of unbranched alkanes of at least 4 members (excludes halogenated alkanes) is 2. The SMILES string of the molecule is CCCCCc1nc(Cc2ccc(-c3ccncc3)cc2)cs1. The van der Waals surface area contributed by atoms with E-state index < -0.39 is 0 Å². The second kappa shape index (κ2) is 8.02. The van der Waals surface area contributed by atoms with Gasteiger partial charge < -0.3 is 0 Å². The molecule has 0 aliphatic carbocycles. The molecule has 0 amide bonds. The third-order valence-electron chi connectivity index (χ3n) is 3.95. The standard InChI is InChI=1S/C20H22N2S/c1-2-3-4-5-20-22-19(15-23-20)14-16-6-8-17(9-7-16)18-10-12-21-13-11-18/h6-13,15H,2-5,14H2,1H3. The van der Waals surface area contributed by atoms with Gasteiger partial charge in [0.25, 0.3) is 0 Å². The van der Waals surface area contributed by atoms with Crippen molar-refractivity contribution in [3.63, 3.8) is 0 Å². The van der Waals surface area contributed by atoms with Gasteiger partial charge in [-0.15, -0.1) is 11.3 Å². The van der Waals surface area contributed by atoms with E-state index in [1.54, 1.807) is 11.3 Å². The predicted molar refractivity (Wildman–Crippen MR) is 97.8 cm³/mol. The summed E-state index contributed by atoms with van der Waals surface area (Å²) >= 11 is 1.80. The minimum Gasteiger partial charge on any atom is -0.265 e. The Balaban J connectivity index is 1.62. The molecule has 0 bridgehead atoms. The van der Waals surface area contributed by atoms with Crippen LogP contribution in [0.1, 0.15) is 42.5 Å². The van der Waals surface area contributed by atoms with Gasteiger partial charge in [-0.1, -0.05) is 44.0 Å². The average Bonchev–Trinajstić information content (AvgIpc) is 3.04. The fraction of sp³-hybridized carbons (Fsp3) is 0.300. The molecule has 3 rings (SSSR count). The molecule has 0 N–H and O–H groups in total. The van der Waals surface area contributed by atoms with E-state index >= 15 is 0 Å². The monoisotopic (exact) mass is 322 g/mol. The maximum Gasteiger partial charge on any atom is 0.0928 e. The van der Waals surface area contributed by atoms with Crippen molar-refractivity contribution >= 4 is 11.3 Å². The quantitative estimate of drug-likeness (QED) is 0.535. The van der Waals surface area contributed by atoms with Crippen molar-refractivity contribution < 1.29 is 0 Å². The number of hydrogen-bond donors (Lipinski definition) is 0. The zero-order valence-electron chi connectivity index (χ0n) is 13.5. The molecule has 0 aliphatic heterocycles. The lowest BCUT2D eigenvalue weighted by atomic mass is 10.0. The Morgan fingerprint density at radius 1 is 0.913 bits per heavy atom. The lowest BCUT2D eigenvalue weighted by molar-refractivity contribution is 0.713. The predicted octanol–water partition coefficient (Wildman–Crippen LogP) is 5.53. The maximum atomic E-state index is 4.77. The van der Waals surface area contributed by atoms with E-state index in [1.165, 1.54) is 46.7 Å². The third-order valence-corrected chi connectivity index (χ3v) is 4.90. The Bertz CT molecular complexity index is 717. The fourth-order valence-electron chi connectivity index (χ4n) is 2.64. The van der Waals surface area contributed by atoms with Crippen LogP contribution in [0.3, 0.4) is 0 Å². The van der Waals surface area contributed by atoms with Gasteiger partial charge in [0.2, 0.25) is 0 Å². The highest BCUT2D eigenvalue weighted by Gasteiger charge is 2.04. The number of thiazole rings is 1. The molecule has 2 heterocycles. The summed E-state index contributed by atoms with van der Waals surface area (Å²) in [5.74, 6) is 0. The summed E-state index contributed by atoms with van der Waals surface area (Å²) in [6.45, 7) is 2.24. The molecule has 0 radical (unpaired) electrons. The maximum absolute atomic E-state index is 4.77. The zero-order chi connectivity index (χ0) is 15.9. The number of aryl methyl sites for hydroxylation is 1. The molecule has 3 aromatic rings. The second-order valence-electron chi connectivity index (χ2n) is 5.80. The van der Waals surface area contributed by atoms with Gasteiger partial charge in [-0.3, -0.25) is 4.98 Å². The molecule has 0 unspecified atom stereocenters. The molecule has 3 heteroatoms. The van der Waals surface area contributed by atoms with Crippen LogP contribution in [0, 0.1) is 0 Å². The fourth-order valence-corrected chi connectivity index (χ4v) is 3.48. The van der Waals surface area contributed by atoms with E-state index in [2.05, 4.69) is 41.6 Å². The largest absolute Gasteiger partial charge is 0.265 e. The van der Waals surface area contributed by atoms with Crippen molar-refractivity contribution in [2.24, 2.45) is 0 Å². The minimum absolute atomic E-state index is 0.918. The van der Waals surface area contributed by atoms with Crippen molar-refractivity contribution in [3.8, 4) is 11.1 Å². The third kappa shape index (κ3) is 4.49. The van der Waals surface area contributed by atoms with Crippen molar-refractivity contribution in [3.05, 3.63) is 70.4 Å². The van der Waals surface area contributed by atoms with E-state index in [4.69, 9.17) is 4.98 Å². The topological polar surface area (TPSA) is 25.8 Å². The Morgan fingerprint density at radius 2 is 1.65 bits per heavy atom. The number of nitrogens with zero attached hydrogens (tertiary/aromatic N) is 2. The molecule has 118 valence electrons. The molecule has 23 heavy (non-hydrogen) atoms. The van der Waals surface area contributed by atoms with E-state index in [0.717, 1.165) is 12.8 Å². The van der Waals surface area contributed by atoms with Crippen LogP contribution in [-0.4, -0.2) is 9.97 Å². The highest BCUT2D eigenvalue weighted by Crippen LogP contribution is 2.21. The van der Waals surface area contributed by atoms with Gasteiger partial charge >= 0.3 is 0 Å². The number of hydrogen-bond acceptors (Lipinski definition) is 3. The molecular formula is C20H22N2S. The lowest BCUT2D eigenvalue weighted by Gasteiger charge is -2.03. The van der Waals surface area contributed by atoms with E-state index in [9.17, 15) is 0 Å². The first-order valence-corrected chi connectivity index (χ1v) is 9.15. The highest BCUT2D eigenvalue weighted by molar-refractivity contribution is 7.09. The van der Waals surface area contributed by atoms with Gasteiger partial charge in [0.15, 0.2) is 0 Å².